The fourth-order valence-corrected chi connectivity index (χ4v) is 6.47. The minimum absolute atomic E-state index is 0.0167. The van der Waals surface area contributed by atoms with Crippen LogP contribution >= 0.6 is 0 Å². The summed E-state index contributed by atoms with van der Waals surface area (Å²) in [6.45, 7) is 3.18. The first-order valence-corrected chi connectivity index (χ1v) is 15.5. The number of anilines is 1. The lowest BCUT2D eigenvalue weighted by Gasteiger charge is -2.32. The van der Waals surface area contributed by atoms with Gasteiger partial charge >= 0.3 is 0 Å². The molecule has 1 N–H and O–H groups in total. The largest absolute Gasteiger partial charge is 0.497 e. The molecule has 0 aromatic heterocycles. The Morgan fingerprint density at radius 1 is 0.929 bits per heavy atom. The Labute approximate surface area is 248 Å². The quantitative estimate of drug-likeness (QED) is 0.327. The average Bonchev–Trinajstić information content (AvgIpc) is 3.52. The molecule has 1 saturated carbocycles. The van der Waals surface area contributed by atoms with E-state index in [1.165, 1.54) is 24.1 Å². The molecule has 3 aromatic carbocycles. The molecular formula is C32H39N3O6S. The second kappa shape index (κ2) is 13.7. The maximum Gasteiger partial charge on any atom is 0.264 e. The van der Waals surface area contributed by atoms with Gasteiger partial charge in [0.2, 0.25) is 11.8 Å². The Balaban J connectivity index is 1.69. The van der Waals surface area contributed by atoms with Gasteiger partial charge in [-0.05, 0) is 80.8 Å². The van der Waals surface area contributed by atoms with E-state index in [2.05, 4.69) is 5.32 Å². The van der Waals surface area contributed by atoms with Crippen molar-refractivity contribution in [2.24, 2.45) is 0 Å². The molecule has 0 unspecified atom stereocenters. The smallest absolute Gasteiger partial charge is 0.264 e. The Bertz CT molecular complexity index is 1470. The van der Waals surface area contributed by atoms with Crippen molar-refractivity contribution in [1.29, 1.82) is 0 Å². The van der Waals surface area contributed by atoms with Gasteiger partial charge in [0.05, 0.1) is 24.8 Å². The van der Waals surface area contributed by atoms with Crippen molar-refractivity contribution in [3.8, 4) is 11.5 Å². The number of carbonyl (C=O) groups excluding carboxylic acids is 2. The molecule has 1 fully saturated rings. The maximum absolute atomic E-state index is 14.1. The molecule has 9 nitrogen and oxygen atoms in total. The topological polar surface area (TPSA) is 105 Å². The number of nitrogens with zero attached hydrogens (tertiary/aromatic N) is 2. The molecule has 0 bridgehead atoms. The summed E-state index contributed by atoms with van der Waals surface area (Å²) in [5, 5.41) is 3.08. The normalized spacial score (nSPS) is 14.2. The van der Waals surface area contributed by atoms with E-state index in [0.717, 1.165) is 41.1 Å². The van der Waals surface area contributed by atoms with Gasteiger partial charge in [-0.2, -0.15) is 0 Å². The van der Waals surface area contributed by atoms with Gasteiger partial charge in [0.1, 0.15) is 24.1 Å². The van der Waals surface area contributed by atoms with E-state index in [1.54, 1.807) is 62.6 Å². The molecule has 224 valence electrons. The van der Waals surface area contributed by atoms with Crippen LogP contribution in [0, 0.1) is 6.92 Å². The number of carbonyl (C=O) groups is 2. The molecule has 0 radical (unpaired) electrons. The summed E-state index contributed by atoms with van der Waals surface area (Å²) in [5.41, 5.74) is 2.04. The second-order valence-corrected chi connectivity index (χ2v) is 12.4. The SMILES string of the molecule is COc1ccc(S(=O)(=O)N(CC(=O)N(Cc2cccc(OC)c2)[C@@H](C)C(=O)NC2CCCC2)c2ccc(C)cc2)cc1. The summed E-state index contributed by atoms with van der Waals surface area (Å²) in [5.74, 6) is 0.354. The summed E-state index contributed by atoms with van der Waals surface area (Å²) < 4.78 is 39.6. The van der Waals surface area contributed by atoms with Crippen molar-refractivity contribution >= 4 is 27.5 Å². The summed E-state index contributed by atoms with van der Waals surface area (Å²) in [7, 11) is -1.10. The molecule has 10 heteroatoms. The third-order valence-electron chi connectivity index (χ3n) is 7.60. The van der Waals surface area contributed by atoms with Gasteiger partial charge in [-0.25, -0.2) is 8.42 Å². The first-order chi connectivity index (χ1) is 20.1. The van der Waals surface area contributed by atoms with Gasteiger partial charge in [0, 0.05) is 12.6 Å². The highest BCUT2D eigenvalue weighted by Crippen LogP contribution is 2.27. The van der Waals surface area contributed by atoms with E-state index >= 15 is 0 Å². The van der Waals surface area contributed by atoms with Gasteiger partial charge in [0.15, 0.2) is 0 Å². The maximum atomic E-state index is 14.1. The summed E-state index contributed by atoms with van der Waals surface area (Å²) in [6, 6.07) is 19.4. The number of rotatable bonds is 12. The number of hydrogen-bond acceptors (Lipinski definition) is 6. The number of sulfonamides is 1. The Morgan fingerprint density at radius 3 is 2.19 bits per heavy atom. The lowest BCUT2D eigenvalue weighted by Crippen LogP contribution is -2.52. The molecule has 2 amide bonds. The van der Waals surface area contributed by atoms with Crippen molar-refractivity contribution in [3.63, 3.8) is 0 Å². The number of methoxy groups -OCH3 is 2. The number of hydrogen-bond donors (Lipinski definition) is 1. The average molecular weight is 594 g/mol. The van der Waals surface area contributed by atoms with Crippen LogP contribution in [0.4, 0.5) is 5.69 Å². The lowest BCUT2D eigenvalue weighted by molar-refractivity contribution is -0.139. The highest BCUT2D eigenvalue weighted by atomic mass is 32.2. The summed E-state index contributed by atoms with van der Waals surface area (Å²) in [6.07, 6.45) is 3.92. The van der Waals surface area contributed by atoms with E-state index in [0.29, 0.717) is 17.2 Å². The minimum atomic E-state index is -4.16. The van der Waals surface area contributed by atoms with Crippen molar-refractivity contribution < 1.29 is 27.5 Å². The monoisotopic (exact) mass is 593 g/mol. The minimum Gasteiger partial charge on any atom is -0.497 e. The summed E-state index contributed by atoms with van der Waals surface area (Å²) in [4.78, 5) is 28.9. The number of aryl methyl sites for hydroxylation is 1. The lowest BCUT2D eigenvalue weighted by atomic mass is 10.1. The van der Waals surface area contributed by atoms with E-state index in [-0.39, 0.29) is 23.4 Å². The van der Waals surface area contributed by atoms with Gasteiger partial charge < -0.3 is 19.7 Å². The Morgan fingerprint density at radius 2 is 1.57 bits per heavy atom. The molecule has 1 aliphatic rings. The van der Waals surface area contributed by atoms with Crippen LogP contribution in [0.15, 0.2) is 77.7 Å². The van der Waals surface area contributed by atoms with Gasteiger partial charge in [0.25, 0.3) is 10.0 Å². The molecule has 4 rings (SSSR count). The number of ether oxygens (including phenoxy) is 2. The second-order valence-electron chi connectivity index (χ2n) is 10.6. The molecule has 42 heavy (non-hydrogen) atoms. The van der Waals surface area contributed by atoms with E-state index in [9.17, 15) is 18.0 Å². The van der Waals surface area contributed by atoms with Crippen molar-refractivity contribution in [2.75, 3.05) is 25.1 Å². The third-order valence-corrected chi connectivity index (χ3v) is 9.39. The fraction of sp³-hybridized carbons (Fsp3) is 0.375. The predicted octanol–water partition coefficient (Wildman–Crippen LogP) is 4.68. The highest BCUT2D eigenvalue weighted by Gasteiger charge is 2.33. The fourth-order valence-electron chi connectivity index (χ4n) is 5.06. The molecule has 0 saturated heterocycles. The van der Waals surface area contributed by atoms with Crippen molar-refractivity contribution in [1.82, 2.24) is 10.2 Å². The van der Waals surface area contributed by atoms with Gasteiger partial charge in [-0.3, -0.25) is 13.9 Å². The first kappa shape index (κ1) is 30.9. The number of amides is 2. The zero-order valence-corrected chi connectivity index (χ0v) is 25.4. The molecule has 1 atom stereocenters. The number of nitrogens with one attached hydrogen (secondary N) is 1. The summed E-state index contributed by atoms with van der Waals surface area (Å²) >= 11 is 0. The van der Waals surface area contributed by atoms with Crippen LogP contribution in [0.3, 0.4) is 0 Å². The van der Waals surface area contributed by atoms with Crippen LogP contribution in [0.25, 0.3) is 0 Å². The molecular weight excluding hydrogens is 554 g/mol. The molecule has 0 heterocycles. The molecule has 3 aromatic rings. The van der Waals surface area contributed by atoms with Crippen LogP contribution in [-0.4, -0.2) is 58.0 Å². The van der Waals surface area contributed by atoms with E-state index in [4.69, 9.17) is 9.47 Å². The zero-order valence-electron chi connectivity index (χ0n) is 24.6. The van der Waals surface area contributed by atoms with E-state index < -0.39 is 28.5 Å². The standard InChI is InChI=1S/C32H39N3O6S/c1-23-12-14-27(15-13-23)35(42(38,39)30-18-16-28(40-3)17-19-30)22-31(36)34(21-25-8-7-11-29(20-25)41-4)24(2)32(37)33-26-9-5-6-10-26/h7-8,11-20,24,26H,5-6,9-10,21-22H2,1-4H3,(H,33,37)/t24-/m0/s1. The zero-order chi connectivity index (χ0) is 30.3. The molecule has 0 spiro atoms. The van der Waals surface area contributed by atoms with Crippen LogP contribution in [0.5, 0.6) is 11.5 Å². The molecule has 1 aliphatic carbocycles. The van der Waals surface area contributed by atoms with Crippen LogP contribution in [0.2, 0.25) is 0 Å². The van der Waals surface area contributed by atoms with Crippen LogP contribution in [-0.2, 0) is 26.2 Å². The van der Waals surface area contributed by atoms with Gasteiger partial charge in [-0.15, -0.1) is 0 Å². The van der Waals surface area contributed by atoms with E-state index in [1.807, 2.05) is 19.1 Å². The first-order valence-electron chi connectivity index (χ1n) is 14.1. The van der Waals surface area contributed by atoms with Crippen LogP contribution < -0.4 is 19.1 Å². The predicted molar refractivity (Wildman–Crippen MR) is 162 cm³/mol. The highest BCUT2D eigenvalue weighted by molar-refractivity contribution is 7.92. The Kier molecular flexibility index (Phi) is 10.1. The molecule has 0 aliphatic heterocycles. The van der Waals surface area contributed by atoms with Crippen molar-refractivity contribution in [2.45, 2.75) is 63.1 Å². The third kappa shape index (κ3) is 7.42. The van der Waals surface area contributed by atoms with Crippen molar-refractivity contribution in [3.05, 3.63) is 83.9 Å². The Hall–Kier alpha value is -4.05. The van der Waals surface area contributed by atoms with Gasteiger partial charge in [-0.1, -0.05) is 42.7 Å². The van der Waals surface area contributed by atoms with Crippen LogP contribution in [0.1, 0.15) is 43.7 Å². The number of benzene rings is 3.